The first-order valence-electron chi connectivity index (χ1n) is 7.49. The van der Waals surface area contributed by atoms with Gasteiger partial charge < -0.3 is 19.5 Å². The number of rotatable bonds is 5. The molecule has 2 heterocycles. The molecule has 0 aromatic rings. The minimum absolute atomic E-state index is 0.0104. The molecule has 0 radical (unpaired) electrons. The molecule has 21 heavy (non-hydrogen) atoms. The summed E-state index contributed by atoms with van der Waals surface area (Å²) in [5.74, 6) is -0.108. The maximum Gasteiger partial charge on any atom is 0.408 e. The lowest BCUT2D eigenvalue weighted by Crippen LogP contribution is -2.49. The van der Waals surface area contributed by atoms with E-state index in [1.54, 1.807) is 27.7 Å². The lowest BCUT2D eigenvalue weighted by Gasteiger charge is -2.25. The van der Waals surface area contributed by atoms with Gasteiger partial charge in [0.2, 0.25) is 0 Å². The summed E-state index contributed by atoms with van der Waals surface area (Å²) in [6.45, 7) is 8.22. The zero-order valence-electron chi connectivity index (χ0n) is 13.2. The number of carbonyl (C=O) groups is 2. The Bertz CT molecular complexity index is 405. The monoisotopic (exact) mass is 299 g/mol. The highest BCUT2D eigenvalue weighted by atomic mass is 16.6. The average Bonchev–Trinajstić information content (AvgIpc) is 2.88. The maximum atomic E-state index is 12.5. The molecule has 6 nitrogen and oxygen atoms in total. The maximum absolute atomic E-state index is 12.5. The van der Waals surface area contributed by atoms with E-state index in [-0.39, 0.29) is 11.9 Å². The van der Waals surface area contributed by atoms with Gasteiger partial charge in [-0.1, -0.05) is 0 Å². The van der Waals surface area contributed by atoms with Gasteiger partial charge in [0, 0.05) is 13.0 Å². The van der Waals surface area contributed by atoms with Crippen LogP contribution in [0.1, 0.15) is 47.0 Å². The number of carbonyl (C=O) groups excluding carboxylic acids is 2. The van der Waals surface area contributed by atoms with Gasteiger partial charge in [-0.2, -0.15) is 0 Å². The molecule has 0 aliphatic carbocycles. The quantitative estimate of drug-likeness (QED) is 0.783. The Balaban J connectivity index is 1.97. The average molecular weight is 299 g/mol. The van der Waals surface area contributed by atoms with Gasteiger partial charge in [-0.3, -0.25) is 4.79 Å². The van der Waals surface area contributed by atoms with Crippen LogP contribution in [0.5, 0.6) is 0 Å². The van der Waals surface area contributed by atoms with Crippen molar-refractivity contribution in [3.8, 4) is 0 Å². The van der Waals surface area contributed by atoms with Crippen molar-refractivity contribution in [3.63, 3.8) is 0 Å². The van der Waals surface area contributed by atoms with E-state index in [4.69, 9.17) is 14.2 Å². The summed E-state index contributed by atoms with van der Waals surface area (Å²) in [7, 11) is 0. The standard InChI is InChI=1S/C15H25NO5/c1-14(2,3)21-13(18)16-11(8-10-6-5-7-19-10)12(17)15(4)9-20-15/h10-11H,5-9H2,1-4H3,(H,16,18)/t10-,11-,15+/m0/s1. The molecule has 2 aliphatic rings. The number of nitrogens with one attached hydrogen (secondary N) is 1. The number of alkyl carbamates (subject to hydrolysis) is 1. The van der Waals surface area contributed by atoms with Crippen molar-refractivity contribution in [3.05, 3.63) is 0 Å². The molecule has 2 saturated heterocycles. The van der Waals surface area contributed by atoms with Crippen LogP contribution in [-0.2, 0) is 19.0 Å². The summed E-state index contributed by atoms with van der Waals surface area (Å²) < 4.78 is 16.0. The minimum atomic E-state index is -0.766. The highest BCUT2D eigenvalue weighted by Gasteiger charge is 2.50. The fourth-order valence-corrected chi connectivity index (χ4v) is 2.39. The Morgan fingerprint density at radius 1 is 1.43 bits per heavy atom. The number of amides is 1. The van der Waals surface area contributed by atoms with E-state index in [1.165, 1.54) is 0 Å². The van der Waals surface area contributed by atoms with Crippen molar-refractivity contribution in [1.82, 2.24) is 5.32 Å². The third-order valence-corrected chi connectivity index (χ3v) is 3.63. The van der Waals surface area contributed by atoms with Crippen LogP contribution in [0.4, 0.5) is 4.79 Å². The van der Waals surface area contributed by atoms with Crippen LogP contribution in [0.2, 0.25) is 0 Å². The van der Waals surface area contributed by atoms with Gasteiger partial charge >= 0.3 is 6.09 Å². The van der Waals surface area contributed by atoms with E-state index in [2.05, 4.69) is 5.32 Å². The van der Waals surface area contributed by atoms with Gasteiger partial charge in [0.1, 0.15) is 11.2 Å². The van der Waals surface area contributed by atoms with E-state index in [9.17, 15) is 9.59 Å². The van der Waals surface area contributed by atoms with Gasteiger partial charge in [0.15, 0.2) is 5.78 Å². The summed E-state index contributed by atoms with van der Waals surface area (Å²) in [6, 6.07) is -0.629. The first kappa shape index (κ1) is 16.2. The molecule has 2 fully saturated rings. The second-order valence-electron chi connectivity index (χ2n) is 6.95. The third-order valence-electron chi connectivity index (χ3n) is 3.63. The van der Waals surface area contributed by atoms with Gasteiger partial charge in [-0.05, 0) is 40.5 Å². The lowest BCUT2D eigenvalue weighted by atomic mass is 9.95. The molecular formula is C15H25NO5. The first-order valence-corrected chi connectivity index (χ1v) is 7.49. The third kappa shape index (κ3) is 4.68. The molecule has 2 aliphatic heterocycles. The molecule has 0 aromatic heterocycles. The zero-order valence-corrected chi connectivity index (χ0v) is 13.2. The molecule has 120 valence electrons. The number of Topliss-reactive ketones (excluding diaryl/α,β-unsaturated/α-hetero) is 1. The number of ether oxygens (including phenoxy) is 3. The molecule has 6 heteroatoms. The summed E-state index contributed by atoms with van der Waals surface area (Å²) in [4.78, 5) is 24.4. The van der Waals surface area contributed by atoms with E-state index in [0.717, 1.165) is 12.8 Å². The van der Waals surface area contributed by atoms with Crippen LogP contribution in [0.15, 0.2) is 0 Å². The number of hydrogen-bond acceptors (Lipinski definition) is 5. The fourth-order valence-electron chi connectivity index (χ4n) is 2.39. The Kier molecular flexibility index (Phi) is 4.58. The molecule has 3 atom stereocenters. The van der Waals surface area contributed by atoms with Gasteiger partial charge in [0.05, 0.1) is 18.8 Å². The predicted octanol–water partition coefficient (Wildman–Crippen LogP) is 1.81. The Hall–Kier alpha value is -1.14. The van der Waals surface area contributed by atoms with Gasteiger partial charge in [0.25, 0.3) is 0 Å². The van der Waals surface area contributed by atoms with E-state index in [0.29, 0.717) is 19.6 Å². The summed E-state index contributed by atoms with van der Waals surface area (Å²) >= 11 is 0. The van der Waals surface area contributed by atoms with E-state index >= 15 is 0 Å². The number of hydrogen-bond donors (Lipinski definition) is 1. The summed E-state index contributed by atoms with van der Waals surface area (Å²) in [5, 5.41) is 2.68. The molecule has 0 bridgehead atoms. The second-order valence-corrected chi connectivity index (χ2v) is 6.95. The minimum Gasteiger partial charge on any atom is -0.444 e. The zero-order chi connectivity index (χ0) is 15.7. The molecule has 2 rings (SSSR count). The van der Waals surface area contributed by atoms with E-state index in [1.807, 2.05) is 0 Å². The SMILES string of the molecule is CC(C)(C)OC(=O)N[C@@H](C[C@@H]1CCCO1)C(=O)[C@@]1(C)CO1. The molecule has 0 unspecified atom stereocenters. The summed E-state index contributed by atoms with van der Waals surface area (Å²) in [6.07, 6.45) is 1.81. The Morgan fingerprint density at radius 2 is 2.10 bits per heavy atom. The molecular weight excluding hydrogens is 274 g/mol. The topological polar surface area (TPSA) is 77.2 Å². The van der Waals surface area contributed by atoms with Crippen molar-refractivity contribution >= 4 is 11.9 Å². The molecule has 0 spiro atoms. The van der Waals surface area contributed by atoms with Gasteiger partial charge in [-0.25, -0.2) is 4.79 Å². The Morgan fingerprint density at radius 3 is 2.57 bits per heavy atom. The van der Waals surface area contributed by atoms with Crippen LogP contribution in [-0.4, -0.2) is 48.4 Å². The highest BCUT2D eigenvalue weighted by Crippen LogP contribution is 2.30. The van der Waals surface area contributed by atoms with Crippen LogP contribution in [0.25, 0.3) is 0 Å². The van der Waals surface area contributed by atoms with Crippen molar-refractivity contribution < 1.29 is 23.8 Å². The predicted molar refractivity (Wildman–Crippen MR) is 76.1 cm³/mol. The largest absolute Gasteiger partial charge is 0.444 e. The van der Waals surface area contributed by atoms with Crippen molar-refractivity contribution in [1.29, 1.82) is 0 Å². The van der Waals surface area contributed by atoms with Crippen LogP contribution in [0.3, 0.4) is 0 Å². The first-order chi connectivity index (χ1) is 9.70. The number of epoxide rings is 1. The van der Waals surface area contributed by atoms with Crippen molar-refractivity contribution in [2.45, 2.75) is 70.3 Å². The Labute approximate surface area is 125 Å². The molecule has 1 amide bonds. The van der Waals surface area contributed by atoms with Gasteiger partial charge in [-0.15, -0.1) is 0 Å². The lowest BCUT2D eigenvalue weighted by molar-refractivity contribution is -0.126. The van der Waals surface area contributed by atoms with E-state index < -0.39 is 23.3 Å². The molecule has 1 N–H and O–H groups in total. The summed E-state index contributed by atoms with van der Waals surface area (Å²) in [5.41, 5.74) is -1.36. The smallest absolute Gasteiger partial charge is 0.408 e. The molecule has 0 aromatic carbocycles. The van der Waals surface area contributed by atoms with Crippen molar-refractivity contribution in [2.24, 2.45) is 0 Å². The normalized spacial score (nSPS) is 29.8. The second kappa shape index (κ2) is 5.93. The number of ketones is 1. The van der Waals surface area contributed by atoms with Crippen LogP contribution in [0, 0.1) is 0 Å². The van der Waals surface area contributed by atoms with Crippen LogP contribution >= 0.6 is 0 Å². The van der Waals surface area contributed by atoms with Crippen LogP contribution < -0.4 is 5.32 Å². The van der Waals surface area contributed by atoms with Crippen molar-refractivity contribution in [2.75, 3.05) is 13.2 Å². The highest BCUT2D eigenvalue weighted by molar-refractivity contribution is 5.95. The molecule has 0 saturated carbocycles. The fraction of sp³-hybridized carbons (Fsp3) is 0.867.